The molecule has 0 saturated heterocycles. The highest BCUT2D eigenvalue weighted by atomic mass is 32.1. The zero-order chi connectivity index (χ0) is 14.5. The van der Waals surface area contributed by atoms with E-state index in [1.165, 1.54) is 23.5 Å². The van der Waals surface area contributed by atoms with E-state index in [-0.39, 0.29) is 11.2 Å². The summed E-state index contributed by atoms with van der Waals surface area (Å²) in [5.74, 6) is -0.242. The molecule has 4 heteroatoms. The molecule has 3 rings (SSSR count). The van der Waals surface area contributed by atoms with Gasteiger partial charge < -0.3 is 5.11 Å². The van der Waals surface area contributed by atoms with Crippen molar-refractivity contribution < 1.29 is 9.50 Å². The Kier molecular flexibility index (Phi) is 3.18. The number of nitrogens with zero attached hydrogens (tertiary/aromatic N) is 1. The van der Waals surface area contributed by atoms with Crippen LogP contribution >= 0.6 is 11.3 Å². The van der Waals surface area contributed by atoms with Crippen LogP contribution in [0.4, 0.5) is 4.39 Å². The fourth-order valence-electron chi connectivity index (χ4n) is 2.88. The van der Waals surface area contributed by atoms with E-state index in [0.29, 0.717) is 0 Å². The van der Waals surface area contributed by atoms with E-state index in [1.54, 1.807) is 0 Å². The summed E-state index contributed by atoms with van der Waals surface area (Å²) in [5, 5.41) is 11.1. The summed E-state index contributed by atoms with van der Waals surface area (Å²) < 4.78 is 13.5. The quantitative estimate of drug-likeness (QED) is 0.851. The molecule has 0 amide bonds. The molecule has 0 aliphatic heterocycles. The molecule has 106 valence electrons. The van der Waals surface area contributed by atoms with E-state index >= 15 is 0 Å². The lowest BCUT2D eigenvalue weighted by molar-refractivity contribution is 0.102. The van der Waals surface area contributed by atoms with E-state index < -0.39 is 6.10 Å². The van der Waals surface area contributed by atoms with Gasteiger partial charge in [0, 0.05) is 5.56 Å². The van der Waals surface area contributed by atoms with Gasteiger partial charge in [-0.05, 0) is 48.9 Å². The third kappa shape index (κ3) is 2.50. The number of hydrogen-bond donors (Lipinski definition) is 1. The lowest BCUT2D eigenvalue weighted by Gasteiger charge is -2.31. The average molecular weight is 291 g/mol. The topological polar surface area (TPSA) is 33.1 Å². The normalized spacial score (nSPS) is 20.8. The highest BCUT2D eigenvalue weighted by Gasteiger charge is 2.34. The highest BCUT2D eigenvalue weighted by molar-refractivity contribution is 7.15. The second kappa shape index (κ2) is 4.64. The van der Waals surface area contributed by atoms with Crippen molar-refractivity contribution in [3.05, 3.63) is 40.2 Å². The standard InChI is InChI=1S/C16H18FNOS/c1-9-4-10(6-11(17)5-9)15-18-12-7-16(2,3)8-13(19)14(12)20-15/h4-6,13,19H,7-8H2,1-3H3. The van der Waals surface area contributed by atoms with Crippen molar-refractivity contribution in [3.8, 4) is 10.6 Å². The van der Waals surface area contributed by atoms with Gasteiger partial charge in [-0.15, -0.1) is 11.3 Å². The molecule has 1 aliphatic rings. The summed E-state index contributed by atoms with van der Waals surface area (Å²) >= 11 is 1.49. The van der Waals surface area contributed by atoms with Crippen LogP contribution < -0.4 is 0 Å². The molecule has 2 nitrogen and oxygen atoms in total. The lowest BCUT2D eigenvalue weighted by Crippen LogP contribution is -2.24. The van der Waals surface area contributed by atoms with Crippen molar-refractivity contribution in [2.24, 2.45) is 5.41 Å². The minimum atomic E-state index is -0.449. The van der Waals surface area contributed by atoms with Crippen molar-refractivity contribution in [1.29, 1.82) is 0 Å². The largest absolute Gasteiger partial charge is 0.387 e. The van der Waals surface area contributed by atoms with E-state index in [2.05, 4.69) is 18.8 Å². The number of aromatic nitrogens is 1. The summed E-state index contributed by atoms with van der Waals surface area (Å²) in [5.41, 5.74) is 2.71. The van der Waals surface area contributed by atoms with Gasteiger partial charge in [-0.3, -0.25) is 0 Å². The number of aryl methyl sites for hydroxylation is 1. The first-order chi connectivity index (χ1) is 9.34. The number of aliphatic hydroxyl groups excluding tert-OH is 1. The number of hydrogen-bond acceptors (Lipinski definition) is 3. The summed E-state index contributed by atoms with van der Waals surface area (Å²) in [6.45, 7) is 6.16. The molecule has 1 atom stereocenters. The van der Waals surface area contributed by atoms with Crippen molar-refractivity contribution in [2.45, 2.75) is 39.7 Å². The van der Waals surface area contributed by atoms with Crippen LogP contribution in [0.1, 0.15) is 42.5 Å². The maximum atomic E-state index is 13.5. The Balaban J connectivity index is 2.05. The number of fused-ring (bicyclic) bond motifs is 1. The Bertz CT molecular complexity index is 642. The van der Waals surface area contributed by atoms with Crippen LogP contribution in [0.2, 0.25) is 0 Å². The van der Waals surface area contributed by atoms with Crippen LogP contribution in [0.25, 0.3) is 10.6 Å². The molecule has 0 fully saturated rings. The Morgan fingerprint density at radius 1 is 1.35 bits per heavy atom. The van der Waals surface area contributed by atoms with Gasteiger partial charge in [-0.2, -0.15) is 0 Å². The fourth-order valence-corrected chi connectivity index (χ4v) is 3.93. The molecule has 0 bridgehead atoms. The van der Waals surface area contributed by atoms with E-state index in [1.807, 2.05) is 13.0 Å². The number of benzene rings is 1. The van der Waals surface area contributed by atoms with Gasteiger partial charge in [0.1, 0.15) is 10.8 Å². The van der Waals surface area contributed by atoms with Gasteiger partial charge in [0.05, 0.1) is 16.7 Å². The molecule has 1 heterocycles. The van der Waals surface area contributed by atoms with Crippen LogP contribution in [-0.2, 0) is 6.42 Å². The first-order valence-corrected chi connectivity index (χ1v) is 7.61. The van der Waals surface area contributed by atoms with E-state index in [9.17, 15) is 9.50 Å². The number of rotatable bonds is 1. The summed E-state index contributed by atoms with van der Waals surface area (Å²) in [6, 6.07) is 4.95. The van der Waals surface area contributed by atoms with Crippen molar-refractivity contribution in [2.75, 3.05) is 0 Å². The molecule has 20 heavy (non-hydrogen) atoms. The second-order valence-corrected chi connectivity index (χ2v) is 7.44. The molecule has 0 saturated carbocycles. The average Bonchev–Trinajstić information content (AvgIpc) is 2.69. The Hall–Kier alpha value is -1.26. The number of aliphatic hydroxyl groups is 1. The zero-order valence-corrected chi connectivity index (χ0v) is 12.7. The molecule has 1 N–H and O–H groups in total. The lowest BCUT2D eigenvalue weighted by atomic mass is 9.77. The SMILES string of the molecule is Cc1cc(F)cc(-c2nc3c(s2)C(O)CC(C)(C)C3)c1. The monoisotopic (exact) mass is 291 g/mol. The minimum absolute atomic E-state index is 0.0651. The molecule has 1 unspecified atom stereocenters. The fraction of sp³-hybridized carbons (Fsp3) is 0.438. The zero-order valence-electron chi connectivity index (χ0n) is 11.9. The Labute approximate surface area is 122 Å². The van der Waals surface area contributed by atoms with Gasteiger partial charge in [-0.1, -0.05) is 13.8 Å². The van der Waals surface area contributed by atoms with Gasteiger partial charge >= 0.3 is 0 Å². The summed E-state index contributed by atoms with van der Waals surface area (Å²) in [4.78, 5) is 5.59. The highest BCUT2D eigenvalue weighted by Crippen LogP contribution is 2.44. The van der Waals surface area contributed by atoms with Gasteiger partial charge in [0.15, 0.2) is 0 Å². The summed E-state index contributed by atoms with van der Waals surface area (Å²) in [7, 11) is 0. The van der Waals surface area contributed by atoms with E-state index in [4.69, 9.17) is 0 Å². The molecule has 1 aromatic heterocycles. The first kappa shape index (κ1) is 13.7. The predicted octanol–water partition coefficient (Wildman–Crippen LogP) is 4.26. The molecule has 0 spiro atoms. The third-order valence-electron chi connectivity index (χ3n) is 3.71. The maximum absolute atomic E-state index is 13.5. The second-order valence-electron chi connectivity index (χ2n) is 6.41. The van der Waals surface area contributed by atoms with E-state index in [0.717, 1.165) is 39.5 Å². The summed E-state index contributed by atoms with van der Waals surface area (Å²) in [6.07, 6.45) is 1.17. The molecular formula is C16H18FNOS. The first-order valence-electron chi connectivity index (χ1n) is 6.79. The molecule has 2 aromatic rings. The van der Waals surface area contributed by atoms with Crippen LogP contribution in [-0.4, -0.2) is 10.1 Å². The van der Waals surface area contributed by atoms with Crippen LogP contribution in [0.3, 0.4) is 0 Å². The Morgan fingerprint density at radius 3 is 2.80 bits per heavy atom. The minimum Gasteiger partial charge on any atom is -0.387 e. The van der Waals surface area contributed by atoms with Crippen molar-refractivity contribution in [1.82, 2.24) is 4.98 Å². The number of thiazole rings is 1. The molecule has 0 radical (unpaired) electrons. The van der Waals surface area contributed by atoms with Crippen LogP contribution in [0.5, 0.6) is 0 Å². The molecule has 1 aromatic carbocycles. The predicted molar refractivity (Wildman–Crippen MR) is 79.3 cm³/mol. The number of halogens is 1. The maximum Gasteiger partial charge on any atom is 0.124 e. The van der Waals surface area contributed by atoms with Crippen LogP contribution in [0.15, 0.2) is 18.2 Å². The smallest absolute Gasteiger partial charge is 0.124 e. The van der Waals surface area contributed by atoms with Crippen LogP contribution in [0, 0.1) is 18.2 Å². The van der Waals surface area contributed by atoms with Crippen molar-refractivity contribution in [3.63, 3.8) is 0 Å². The van der Waals surface area contributed by atoms with Gasteiger partial charge in [0.2, 0.25) is 0 Å². The van der Waals surface area contributed by atoms with Gasteiger partial charge in [0.25, 0.3) is 0 Å². The van der Waals surface area contributed by atoms with Gasteiger partial charge in [-0.25, -0.2) is 9.37 Å². The third-order valence-corrected chi connectivity index (χ3v) is 4.96. The molecule has 1 aliphatic carbocycles. The van der Waals surface area contributed by atoms with Crippen molar-refractivity contribution >= 4 is 11.3 Å². The Morgan fingerprint density at radius 2 is 2.10 bits per heavy atom. The molecular weight excluding hydrogens is 273 g/mol.